The van der Waals surface area contributed by atoms with Gasteiger partial charge in [0.2, 0.25) is 11.8 Å². The van der Waals surface area contributed by atoms with Crippen LogP contribution in [0.5, 0.6) is 11.5 Å². The van der Waals surface area contributed by atoms with Gasteiger partial charge in [0.1, 0.15) is 11.5 Å². The van der Waals surface area contributed by atoms with Crippen LogP contribution in [-0.2, 0) is 9.59 Å². The number of hydrogen-bond acceptors (Lipinski definition) is 4. The summed E-state index contributed by atoms with van der Waals surface area (Å²) < 4.78 is 5.78. The SMILES string of the molecule is Cc1ccc(Oc2ccc(NC(=O)CN3CCC[C@@H](C(N)=O)C3)cc2)cc1. The van der Waals surface area contributed by atoms with E-state index in [1.165, 1.54) is 5.56 Å². The molecule has 3 rings (SSSR count). The van der Waals surface area contributed by atoms with Crippen molar-refractivity contribution in [1.82, 2.24) is 4.90 Å². The van der Waals surface area contributed by atoms with E-state index >= 15 is 0 Å². The third-order valence-electron chi connectivity index (χ3n) is 4.67. The van der Waals surface area contributed by atoms with Gasteiger partial charge in [0, 0.05) is 12.2 Å². The molecule has 0 aromatic heterocycles. The molecule has 2 aromatic carbocycles. The minimum Gasteiger partial charge on any atom is -0.457 e. The molecule has 2 amide bonds. The van der Waals surface area contributed by atoms with E-state index in [0.717, 1.165) is 25.1 Å². The number of amides is 2. The summed E-state index contributed by atoms with van der Waals surface area (Å²) in [5.41, 5.74) is 7.27. The molecule has 1 saturated heterocycles. The summed E-state index contributed by atoms with van der Waals surface area (Å²) in [5.74, 6) is 0.921. The van der Waals surface area contributed by atoms with Crippen molar-refractivity contribution in [2.75, 3.05) is 25.0 Å². The van der Waals surface area contributed by atoms with Crippen LogP contribution >= 0.6 is 0 Å². The number of benzene rings is 2. The number of anilines is 1. The highest BCUT2D eigenvalue weighted by Gasteiger charge is 2.25. The number of nitrogens with two attached hydrogens (primary N) is 1. The maximum absolute atomic E-state index is 12.3. The molecule has 0 bridgehead atoms. The van der Waals surface area contributed by atoms with Crippen molar-refractivity contribution < 1.29 is 14.3 Å². The molecule has 1 atom stereocenters. The number of primary amides is 1. The number of carbonyl (C=O) groups excluding carboxylic acids is 2. The number of ether oxygens (including phenoxy) is 1. The summed E-state index contributed by atoms with van der Waals surface area (Å²) in [4.78, 5) is 25.6. The van der Waals surface area contributed by atoms with Crippen LogP contribution in [0, 0.1) is 12.8 Å². The molecule has 142 valence electrons. The predicted octanol–water partition coefficient (Wildman–Crippen LogP) is 2.92. The van der Waals surface area contributed by atoms with Crippen LogP contribution in [0.1, 0.15) is 18.4 Å². The summed E-state index contributed by atoms with van der Waals surface area (Å²) in [6.45, 7) is 3.64. The second kappa shape index (κ2) is 8.68. The summed E-state index contributed by atoms with van der Waals surface area (Å²) in [5, 5.41) is 2.88. The summed E-state index contributed by atoms with van der Waals surface area (Å²) in [7, 11) is 0. The van der Waals surface area contributed by atoms with Crippen molar-refractivity contribution in [2.24, 2.45) is 11.7 Å². The number of likely N-dealkylation sites (tertiary alicyclic amines) is 1. The molecular formula is C21H25N3O3. The highest BCUT2D eigenvalue weighted by Crippen LogP contribution is 2.23. The van der Waals surface area contributed by atoms with Crippen molar-refractivity contribution in [3.05, 3.63) is 54.1 Å². The lowest BCUT2D eigenvalue weighted by Crippen LogP contribution is -2.44. The predicted molar refractivity (Wildman–Crippen MR) is 105 cm³/mol. The van der Waals surface area contributed by atoms with E-state index in [9.17, 15) is 9.59 Å². The number of nitrogens with one attached hydrogen (secondary N) is 1. The number of carbonyl (C=O) groups is 2. The Kier molecular flexibility index (Phi) is 6.08. The van der Waals surface area contributed by atoms with Gasteiger partial charge in [0.25, 0.3) is 0 Å². The molecule has 0 radical (unpaired) electrons. The largest absolute Gasteiger partial charge is 0.457 e. The zero-order valence-corrected chi connectivity index (χ0v) is 15.5. The molecule has 1 aliphatic heterocycles. The first-order chi connectivity index (χ1) is 13.0. The second-order valence-electron chi connectivity index (χ2n) is 6.96. The normalized spacial score (nSPS) is 17.3. The Hall–Kier alpha value is -2.86. The van der Waals surface area contributed by atoms with Gasteiger partial charge in [-0.2, -0.15) is 0 Å². The fourth-order valence-corrected chi connectivity index (χ4v) is 3.18. The first-order valence-electron chi connectivity index (χ1n) is 9.16. The molecule has 1 fully saturated rings. The van der Waals surface area contributed by atoms with Gasteiger partial charge in [-0.25, -0.2) is 0 Å². The van der Waals surface area contributed by atoms with Gasteiger partial charge < -0.3 is 15.8 Å². The Morgan fingerprint density at radius 3 is 2.37 bits per heavy atom. The zero-order chi connectivity index (χ0) is 19.2. The van der Waals surface area contributed by atoms with Crippen molar-refractivity contribution in [3.63, 3.8) is 0 Å². The summed E-state index contributed by atoms with van der Waals surface area (Å²) >= 11 is 0. The third-order valence-corrected chi connectivity index (χ3v) is 4.67. The number of piperidine rings is 1. The second-order valence-corrected chi connectivity index (χ2v) is 6.96. The van der Waals surface area contributed by atoms with Crippen LogP contribution in [-0.4, -0.2) is 36.3 Å². The number of aryl methyl sites for hydroxylation is 1. The van der Waals surface area contributed by atoms with Crippen LogP contribution in [0.15, 0.2) is 48.5 Å². The molecule has 3 N–H and O–H groups in total. The molecule has 2 aromatic rings. The minimum absolute atomic E-state index is 0.104. The Balaban J connectivity index is 1.51. The molecule has 0 aliphatic carbocycles. The van der Waals surface area contributed by atoms with E-state index in [1.54, 1.807) is 0 Å². The van der Waals surface area contributed by atoms with Crippen molar-refractivity contribution in [2.45, 2.75) is 19.8 Å². The number of hydrogen-bond donors (Lipinski definition) is 2. The molecular weight excluding hydrogens is 342 g/mol. The average molecular weight is 367 g/mol. The molecule has 0 saturated carbocycles. The van der Waals surface area contributed by atoms with Crippen LogP contribution in [0.25, 0.3) is 0 Å². The van der Waals surface area contributed by atoms with E-state index in [4.69, 9.17) is 10.5 Å². The lowest BCUT2D eigenvalue weighted by Gasteiger charge is -2.30. The fraction of sp³-hybridized carbons (Fsp3) is 0.333. The van der Waals surface area contributed by atoms with Crippen LogP contribution in [0.3, 0.4) is 0 Å². The lowest BCUT2D eigenvalue weighted by atomic mass is 9.97. The van der Waals surface area contributed by atoms with Gasteiger partial charge in [-0.3, -0.25) is 14.5 Å². The third kappa shape index (κ3) is 5.56. The summed E-state index contributed by atoms with van der Waals surface area (Å²) in [6, 6.07) is 15.1. The topological polar surface area (TPSA) is 84.7 Å². The monoisotopic (exact) mass is 367 g/mol. The van der Waals surface area contributed by atoms with Gasteiger partial charge >= 0.3 is 0 Å². The maximum atomic E-state index is 12.3. The Bertz CT molecular complexity index is 787. The average Bonchev–Trinajstić information content (AvgIpc) is 2.65. The quantitative estimate of drug-likeness (QED) is 0.822. The standard InChI is InChI=1S/C21H25N3O3/c1-15-4-8-18(9-5-15)27-19-10-6-17(7-11-19)23-20(25)14-24-12-2-3-16(13-24)21(22)26/h4-11,16H,2-3,12-14H2,1H3,(H2,22,26)(H,23,25)/t16-/m1/s1. The van der Waals surface area contributed by atoms with Gasteiger partial charge in [-0.1, -0.05) is 17.7 Å². The van der Waals surface area contributed by atoms with Gasteiger partial charge in [0.05, 0.1) is 12.5 Å². The Morgan fingerprint density at radius 2 is 1.74 bits per heavy atom. The minimum atomic E-state index is -0.288. The molecule has 0 unspecified atom stereocenters. The van der Waals surface area contributed by atoms with Crippen LogP contribution in [0.4, 0.5) is 5.69 Å². The van der Waals surface area contributed by atoms with Crippen molar-refractivity contribution in [3.8, 4) is 11.5 Å². The molecule has 0 spiro atoms. The van der Waals surface area contributed by atoms with Gasteiger partial charge in [0.15, 0.2) is 0 Å². The summed E-state index contributed by atoms with van der Waals surface area (Å²) in [6.07, 6.45) is 1.68. The van der Waals surface area contributed by atoms with Crippen molar-refractivity contribution in [1.29, 1.82) is 0 Å². The fourth-order valence-electron chi connectivity index (χ4n) is 3.18. The van der Waals surface area contributed by atoms with Gasteiger partial charge in [-0.15, -0.1) is 0 Å². The highest BCUT2D eigenvalue weighted by molar-refractivity contribution is 5.92. The Labute approximate surface area is 159 Å². The molecule has 6 nitrogen and oxygen atoms in total. The van der Waals surface area contributed by atoms with Gasteiger partial charge in [-0.05, 0) is 62.7 Å². The van der Waals surface area contributed by atoms with Crippen LogP contribution < -0.4 is 15.8 Å². The van der Waals surface area contributed by atoms with E-state index in [-0.39, 0.29) is 24.3 Å². The number of nitrogens with zero attached hydrogens (tertiary/aromatic N) is 1. The van der Waals surface area contributed by atoms with Crippen LogP contribution in [0.2, 0.25) is 0 Å². The number of rotatable bonds is 6. The van der Waals surface area contributed by atoms with E-state index < -0.39 is 0 Å². The van der Waals surface area contributed by atoms with Crippen molar-refractivity contribution >= 4 is 17.5 Å². The first kappa shape index (κ1) is 18.9. The molecule has 1 aliphatic rings. The van der Waals surface area contributed by atoms with E-state index in [1.807, 2.05) is 60.4 Å². The highest BCUT2D eigenvalue weighted by atomic mass is 16.5. The maximum Gasteiger partial charge on any atom is 0.238 e. The first-order valence-corrected chi connectivity index (χ1v) is 9.16. The lowest BCUT2D eigenvalue weighted by molar-refractivity contribution is -0.125. The molecule has 27 heavy (non-hydrogen) atoms. The van der Waals surface area contributed by atoms with E-state index in [2.05, 4.69) is 5.32 Å². The van der Waals surface area contributed by atoms with E-state index in [0.29, 0.717) is 18.0 Å². The smallest absolute Gasteiger partial charge is 0.238 e. The molecule has 1 heterocycles. The molecule has 6 heteroatoms. The zero-order valence-electron chi connectivity index (χ0n) is 15.5. The Morgan fingerprint density at radius 1 is 1.11 bits per heavy atom.